The predicted molar refractivity (Wildman–Crippen MR) is 124 cm³/mol. The highest BCUT2D eigenvalue weighted by Crippen LogP contribution is 2.51. The fourth-order valence-corrected chi connectivity index (χ4v) is 5.51. The molecule has 5 nitrogen and oxygen atoms in total. The molecule has 1 atom stereocenters. The first-order valence-electron chi connectivity index (χ1n) is 11.5. The van der Waals surface area contributed by atoms with Gasteiger partial charge in [-0.15, -0.1) is 0 Å². The smallest absolute Gasteiger partial charge is 0.259 e. The molecule has 1 saturated carbocycles. The van der Waals surface area contributed by atoms with Crippen molar-refractivity contribution in [3.05, 3.63) is 95.6 Å². The van der Waals surface area contributed by atoms with Gasteiger partial charge in [-0.2, -0.15) is 0 Å². The Labute approximate surface area is 192 Å². The molecule has 1 aliphatic carbocycles. The number of halogens is 1. The SMILES string of the molecule is O=C(NCc1ccccn1)[C@H]1c2ccccc2C(=O)N(c2ccccc2F)C12CCCCC2. The van der Waals surface area contributed by atoms with Gasteiger partial charge in [0.1, 0.15) is 5.82 Å². The first kappa shape index (κ1) is 21.3. The van der Waals surface area contributed by atoms with E-state index in [1.807, 2.05) is 30.3 Å². The fraction of sp³-hybridized carbons (Fsp3) is 0.296. The number of nitrogens with one attached hydrogen (secondary N) is 1. The number of hydrogen-bond donors (Lipinski definition) is 1. The lowest BCUT2D eigenvalue weighted by Gasteiger charge is -2.53. The third-order valence-electron chi connectivity index (χ3n) is 6.93. The van der Waals surface area contributed by atoms with Gasteiger partial charge < -0.3 is 5.32 Å². The number of hydrogen-bond acceptors (Lipinski definition) is 3. The van der Waals surface area contributed by atoms with E-state index in [9.17, 15) is 9.59 Å². The van der Waals surface area contributed by atoms with Crippen molar-refractivity contribution in [2.24, 2.45) is 0 Å². The Balaban J connectivity index is 1.63. The molecule has 2 heterocycles. The summed E-state index contributed by atoms with van der Waals surface area (Å²) in [5.74, 6) is -1.46. The summed E-state index contributed by atoms with van der Waals surface area (Å²) in [4.78, 5) is 33.5. The molecule has 5 rings (SSSR count). The van der Waals surface area contributed by atoms with E-state index >= 15 is 4.39 Å². The number of pyridine rings is 1. The Morgan fingerprint density at radius 3 is 2.48 bits per heavy atom. The van der Waals surface area contributed by atoms with E-state index in [1.54, 1.807) is 41.4 Å². The molecular formula is C27H26FN3O2. The quantitative estimate of drug-likeness (QED) is 0.618. The van der Waals surface area contributed by atoms with Crippen molar-refractivity contribution in [3.8, 4) is 0 Å². The van der Waals surface area contributed by atoms with Gasteiger partial charge in [0.05, 0.1) is 29.4 Å². The molecule has 0 saturated heterocycles. The van der Waals surface area contributed by atoms with Gasteiger partial charge in [-0.3, -0.25) is 19.5 Å². The number of nitrogens with zero attached hydrogens (tertiary/aromatic N) is 2. The van der Waals surface area contributed by atoms with Crippen LogP contribution in [0.2, 0.25) is 0 Å². The molecule has 2 aliphatic rings. The standard InChI is InChI=1S/C27H26FN3O2/c28-22-13-4-5-14-23(22)31-26(33)21-12-3-2-11-20(21)24(27(31)15-7-1-8-16-27)25(32)30-18-19-10-6-9-17-29-19/h2-6,9-14,17,24H,1,7-8,15-16,18H2,(H,30,32)/t24-/m1/s1. The van der Waals surface area contributed by atoms with Crippen LogP contribution in [-0.4, -0.2) is 22.3 Å². The molecule has 0 radical (unpaired) electrons. The Hall–Kier alpha value is -3.54. The second kappa shape index (κ2) is 8.77. The molecule has 0 unspecified atom stereocenters. The summed E-state index contributed by atoms with van der Waals surface area (Å²) in [5.41, 5.74) is 1.35. The van der Waals surface area contributed by atoms with E-state index in [4.69, 9.17) is 0 Å². The molecule has 1 N–H and O–H groups in total. The zero-order chi connectivity index (χ0) is 22.8. The number of anilines is 1. The highest BCUT2D eigenvalue weighted by Gasteiger charge is 2.55. The first-order valence-corrected chi connectivity index (χ1v) is 11.5. The van der Waals surface area contributed by atoms with Crippen molar-refractivity contribution >= 4 is 17.5 Å². The maximum Gasteiger partial charge on any atom is 0.259 e. The maximum absolute atomic E-state index is 15.1. The van der Waals surface area contributed by atoms with Crippen molar-refractivity contribution in [3.63, 3.8) is 0 Å². The van der Waals surface area contributed by atoms with Crippen LogP contribution < -0.4 is 10.2 Å². The van der Waals surface area contributed by atoms with Gasteiger partial charge in [-0.05, 0) is 48.7 Å². The van der Waals surface area contributed by atoms with E-state index in [2.05, 4.69) is 10.3 Å². The van der Waals surface area contributed by atoms with Crippen molar-refractivity contribution in [2.45, 2.75) is 50.1 Å². The lowest BCUT2D eigenvalue weighted by atomic mass is 9.65. The largest absolute Gasteiger partial charge is 0.350 e. The number of carbonyl (C=O) groups is 2. The van der Waals surface area contributed by atoms with Gasteiger partial charge >= 0.3 is 0 Å². The van der Waals surface area contributed by atoms with Crippen LogP contribution in [0.25, 0.3) is 0 Å². The lowest BCUT2D eigenvalue weighted by Crippen LogP contribution is -2.63. The van der Waals surface area contributed by atoms with Crippen LogP contribution in [0.5, 0.6) is 0 Å². The normalized spacial score (nSPS) is 19.2. The Morgan fingerprint density at radius 1 is 1.00 bits per heavy atom. The van der Waals surface area contributed by atoms with Gasteiger partial charge in [0, 0.05) is 11.8 Å². The van der Waals surface area contributed by atoms with Gasteiger partial charge in [-0.25, -0.2) is 4.39 Å². The topological polar surface area (TPSA) is 62.3 Å². The van der Waals surface area contributed by atoms with Gasteiger partial charge in [-0.1, -0.05) is 55.7 Å². The predicted octanol–water partition coefficient (Wildman–Crippen LogP) is 4.98. The average Bonchev–Trinajstić information content (AvgIpc) is 2.85. The number of amides is 2. The molecule has 3 aromatic rings. The number of aromatic nitrogens is 1. The maximum atomic E-state index is 15.1. The Morgan fingerprint density at radius 2 is 1.73 bits per heavy atom. The second-order valence-electron chi connectivity index (χ2n) is 8.82. The van der Waals surface area contributed by atoms with Crippen LogP contribution >= 0.6 is 0 Å². The summed E-state index contributed by atoms with van der Waals surface area (Å²) in [6.07, 6.45) is 5.77. The third kappa shape index (κ3) is 3.69. The summed E-state index contributed by atoms with van der Waals surface area (Å²) in [7, 11) is 0. The van der Waals surface area contributed by atoms with Crippen molar-refractivity contribution < 1.29 is 14.0 Å². The minimum Gasteiger partial charge on any atom is -0.350 e. The highest BCUT2D eigenvalue weighted by molar-refractivity contribution is 6.12. The minimum absolute atomic E-state index is 0.163. The molecule has 1 aliphatic heterocycles. The molecule has 168 valence electrons. The zero-order valence-electron chi connectivity index (χ0n) is 18.3. The van der Waals surface area contributed by atoms with Gasteiger partial charge in [0.15, 0.2) is 0 Å². The summed E-state index contributed by atoms with van der Waals surface area (Å²) >= 11 is 0. The van der Waals surface area contributed by atoms with Crippen molar-refractivity contribution in [2.75, 3.05) is 4.90 Å². The van der Waals surface area contributed by atoms with E-state index in [1.165, 1.54) is 6.07 Å². The molecule has 33 heavy (non-hydrogen) atoms. The molecular weight excluding hydrogens is 417 g/mol. The van der Waals surface area contributed by atoms with Crippen molar-refractivity contribution in [1.82, 2.24) is 10.3 Å². The highest BCUT2D eigenvalue weighted by atomic mass is 19.1. The summed E-state index contributed by atoms with van der Waals surface area (Å²) in [6.45, 7) is 0.294. The monoisotopic (exact) mass is 443 g/mol. The first-order chi connectivity index (χ1) is 16.1. The van der Waals surface area contributed by atoms with E-state index < -0.39 is 17.3 Å². The van der Waals surface area contributed by atoms with Crippen LogP contribution in [0.3, 0.4) is 0 Å². The van der Waals surface area contributed by atoms with Crippen LogP contribution in [0.1, 0.15) is 59.6 Å². The number of benzene rings is 2. The van der Waals surface area contributed by atoms with Crippen LogP contribution in [0.15, 0.2) is 72.9 Å². The van der Waals surface area contributed by atoms with Gasteiger partial charge in [0.2, 0.25) is 5.91 Å². The molecule has 0 bridgehead atoms. The minimum atomic E-state index is -0.819. The summed E-state index contributed by atoms with van der Waals surface area (Å²) < 4.78 is 15.1. The van der Waals surface area contributed by atoms with E-state index in [0.29, 0.717) is 24.9 Å². The molecule has 2 aromatic carbocycles. The fourth-order valence-electron chi connectivity index (χ4n) is 5.51. The van der Waals surface area contributed by atoms with Crippen LogP contribution in [0, 0.1) is 5.82 Å². The van der Waals surface area contributed by atoms with Gasteiger partial charge in [0.25, 0.3) is 5.91 Å². The number of carbonyl (C=O) groups excluding carboxylic acids is 2. The summed E-state index contributed by atoms with van der Waals surface area (Å²) in [6, 6.07) is 19.2. The van der Waals surface area contributed by atoms with Crippen LogP contribution in [-0.2, 0) is 11.3 Å². The number of fused-ring (bicyclic) bond motifs is 1. The molecule has 1 spiro atoms. The molecule has 1 aromatic heterocycles. The second-order valence-corrected chi connectivity index (χ2v) is 8.82. The van der Waals surface area contributed by atoms with E-state index in [-0.39, 0.29) is 17.5 Å². The van der Waals surface area contributed by atoms with Crippen molar-refractivity contribution in [1.29, 1.82) is 0 Å². The lowest BCUT2D eigenvalue weighted by molar-refractivity contribution is -0.124. The average molecular weight is 444 g/mol. The summed E-state index contributed by atoms with van der Waals surface area (Å²) in [5, 5.41) is 3.05. The molecule has 1 fully saturated rings. The Bertz CT molecular complexity index is 1170. The van der Waals surface area contributed by atoms with E-state index in [0.717, 1.165) is 30.5 Å². The Kier molecular flexibility index (Phi) is 5.67. The third-order valence-corrected chi connectivity index (χ3v) is 6.93. The molecule has 6 heteroatoms. The number of rotatable bonds is 4. The zero-order valence-corrected chi connectivity index (χ0v) is 18.3. The number of para-hydroxylation sites is 1. The molecule has 2 amide bonds. The van der Waals surface area contributed by atoms with Crippen LogP contribution in [0.4, 0.5) is 10.1 Å².